The van der Waals surface area contributed by atoms with Crippen LogP contribution in [0.4, 0.5) is 0 Å². The van der Waals surface area contributed by atoms with E-state index in [9.17, 15) is 15.0 Å². The number of aromatic hydroxyl groups is 2. The molecule has 0 fully saturated rings. The second kappa shape index (κ2) is 10.6. The van der Waals surface area contributed by atoms with Gasteiger partial charge in [-0.2, -0.15) is 0 Å². The number of unbranched alkanes of at least 4 members (excludes halogenated alkanes) is 2. The molecule has 136 valence electrons. The Hall–Kier alpha value is -2.11. The zero-order valence-electron chi connectivity index (χ0n) is 14.8. The van der Waals surface area contributed by atoms with Crippen molar-refractivity contribution in [3.8, 4) is 23.0 Å². The van der Waals surface area contributed by atoms with Crippen LogP contribution in [-0.2, 0) is 4.74 Å². The summed E-state index contributed by atoms with van der Waals surface area (Å²) in [6, 6.07) is 1.27. The van der Waals surface area contributed by atoms with Crippen molar-refractivity contribution in [3.05, 3.63) is 11.6 Å². The van der Waals surface area contributed by atoms with E-state index in [2.05, 4.69) is 0 Å². The molecular formula is C18H28O6. The maximum atomic E-state index is 12.3. The molecule has 0 aliphatic carbocycles. The minimum atomic E-state index is -0.739. The first kappa shape index (κ1) is 19.9. The van der Waals surface area contributed by atoms with Crippen molar-refractivity contribution < 1.29 is 29.2 Å². The molecule has 24 heavy (non-hydrogen) atoms. The van der Waals surface area contributed by atoms with Crippen LogP contribution in [0.2, 0.25) is 0 Å². The largest absolute Gasteiger partial charge is 0.504 e. The van der Waals surface area contributed by atoms with Gasteiger partial charge in [0.05, 0.1) is 19.8 Å². The number of ether oxygens (including phenoxy) is 3. The number of phenols is 2. The van der Waals surface area contributed by atoms with Crippen molar-refractivity contribution >= 4 is 5.97 Å². The van der Waals surface area contributed by atoms with E-state index in [-0.39, 0.29) is 23.7 Å². The molecule has 0 heterocycles. The van der Waals surface area contributed by atoms with Gasteiger partial charge in [0.25, 0.3) is 0 Å². The molecule has 0 spiro atoms. The van der Waals surface area contributed by atoms with Gasteiger partial charge in [0, 0.05) is 6.07 Å². The summed E-state index contributed by atoms with van der Waals surface area (Å²) < 4.78 is 16.4. The Bertz CT molecular complexity index is 527. The first-order chi connectivity index (χ1) is 11.6. The molecule has 0 saturated carbocycles. The molecule has 0 aliphatic heterocycles. The van der Waals surface area contributed by atoms with E-state index in [0.29, 0.717) is 19.6 Å². The van der Waals surface area contributed by atoms with E-state index in [1.54, 1.807) is 0 Å². The Labute approximate surface area is 143 Å². The van der Waals surface area contributed by atoms with Crippen LogP contribution in [0.1, 0.15) is 63.2 Å². The second-order valence-electron chi connectivity index (χ2n) is 5.49. The highest BCUT2D eigenvalue weighted by atomic mass is 16.5. The van der Waals surface area contributed by atoms with Gasteiger partial charge in [0.1, 0.15) is 0 Å². The molecule has 0 atom stereocenters. The highest BCUT2D eigenvalue weighted by Crippen LogP contribution is 2.44. The van der Waals surface area contributed by atoms with E-state index in [1.807, 2.05) is 20.8 Å². The van der Waals surface area contributed by atoms with Crippen molar-refractivity contribution in [3.63, 3.8) is 0 Å². The fourth-order valence-corrected chi connectivity index (χ4v) is 1.97. The van der Waals surface area contributed by atoms with Crippen LogP contribution in [-0.4, -0.2) is 36.0 Å². The lowest BCUT2D eigenvalue weighted by atomic mass is 10.1. The van der Waals surface area contributed by atoms with Gasteiger partial charge in [-0.25, -0.2) is 4.79 Å². The van der Waals surface area contributed by atoms with Crippen molar-refractivity contribution in [1.82, 2.24) is 0 Å². The third-order valence-electron chi connectivity index (χ3n) is 3.34. The third-order valence-corrected chi connectivity index (χ3v) is 3.34. The number of carbonyl (C=O) groups excluding carboxylic acids is 1. The highest BCUT2D eigenvalue weighted by molar-refractivity contribution is 5.97. The molecule has 0 bridgehead atoms. The van der Waals surface area contributed by atoms with Gasteiger partial charge >= 0.3 is 5.97 Å². The summed E-state index contributed by atoms with van der Waals surface area (Å²) in [7, 11) is 0. The maximum absolute atomic E-state index is 12.3. The van der Waals surface area contributed by atoms with Crippen molar-refractivity contribution in [2.45, 2.75) is 52.9 Å². The summed E-state index contributed by atoms with van der Waals surface area (Å²) in [6.07, 6.45) is 4.13. The normalized spacial score (nSPS) is 10.5. The zero-order chi connectivity index (χ0) is 17.9. The van der Waals surface area contributed by atoms with Crippen LogP contribution >= 0.6 is 0 Å². The summed E-state index contributed by atoms with van der Waals surface area (Å²) in [5, 5.41) is 20.0. The molecule has 2 N–H and O–H groups in total. The molecular weight excluding hydrogens is 312 g/mol. The average Bonchev–Trinajstić information content (AvgIpc) is 2.57. The predicted molar refractivity (Wildman–Crippen MR) is 91.2 cm³/mol. The second-order valence-corrected chi connectivity index (χ2v) is 5.49. The van der Waals surface area contributed by atoms with Gasteiger partial charge in [-0.1, -0.05) is 33.6 Å². The zero-order valence-corrected chi connectivity index (χ0v) is 14.8. The molecule has 1 aromatic carbocycles. The molecule has 6 nitrogen and oxygen atoms in total. The van der Waals surface area contributed by atoms with Crippen molar-refractivity contribution in [2.75, 3.05) is 19.8 Å². The Morgan fingerprint density at radius 2 is 1.58 bits per heavy atom. The molecule has 1 rings (SSSR count). The van der Waals surface area contributed by atoms with Crippen LogP contribution in [0.15, 0.2) is 6.07 Å². The van der Waals surface area contributed by atoms with E-state index >= 15 is 0 Å². The van der Waals surface area contributed by atoms with Gasteiger partial charge in [-0.05, 0) is 19.3 Å². The lowest BCUT2D eigenvalue weighted by Crippen LogP contribution is -2.11. The summed E-state index contributed by atoms with van der Waals surface area (Å²) in [5.41, 5.74) is -0.189. The van der Waals surface area contributed by atoms with E-state index in [0.717, 1.165) is 25.7 Å². The third kappa shape index (κ3) is 5.51. The Morgan fingerprint density at radius 1 is 0.958 bits per heavy atom. The van der Waals surface area contributed by atoms with Crippen molar-refractivity contribution in [2.24, 2.45) is 0 Å². The lowest BCUT2D eigenvalue weighted by molar-refractivity contribution is 0.0494. The van der Waals surface area contributed by atoms with Gasteiger partial charge in [-0.3, -0.25) is 0 Å². The lowest BCUT2D eigenvalue weighted by Gasteiger charge is -2.17. The quantitative estimate of drug-likeness (QED) is 0.359. The predicted octanol–water partition coefficient (Wildman–Crippen LogP) is 4.02. The minimum absolute atomic E-state index is 0.121. The number of esters is 1. The number of hydrogen-bond donors (Lipinski definition) is 2. The number of carbonyl (C=O) groups is 1. The SMILES string of the molecule is CCCCOc1cc(O)c(O)c(C(=O)OCCC)c1OCCCC. The Kier molecular flexibility index (Phi) is 8.83. The monoisotopic (exact) mass is 340 g/mol. The van der Waals surface area contributed by atoms with Crippen LogP contribution < -0.4 is 9.47 Å². The van der Waals surface area contributed by atoms with E-state index < -0.39 is 17.5 Å². The Balaban J connectivity index is 3.20. The van der Waals surface area contributed by atoms with Gasteiger partial charge < -0.3 is 24.4 Å². The number of benzene rings is 1. The summed E-state index contributed by atoms with van der Waals surface area (Å²) in [5.74, 6) is -1.37. The minimum Gasteiger partial charge on any atom is -0.504 e. The molecule has 0 amide bonds. The number of rotatable bonds is 11. The van der Waals surface area contributed by atoms with Crippen molar-refractivity contribution in [1.29, 1.82) is 0 Å². The van der Waals surface area contributed by atoms with E-state index in [4.69, 9.17) is 14.2 Å². The van der Waals surface area contributed by atoms with Crippen LogP contribution in [0.25, 0.3) is 0 Å². The first-order valence-corrected chi connectivity index (χ1v) is 8.58. The molecule has 0 saturated heterocycles. The molecule has 0 aromatic heterocycles. The first-order valence-electron chi connectivity index (χ1n) is 8.58. The number of phenolic OH excluding ortho intramolecular Hbond substituents is 2. The van der Waals surface area contributed by atoms with Crippen LogP contribution in [0, 0.1) is 0 Å². The fraction of sp³-hybridized carbons (Fsp3) is 0.611. The van der Waals surface area contributed by atoms with Gasteiger partial charge in [-0.15, -0.1) is 0 Å². The molecule has 0 radical (unpaired) electrons. The summed E-state index contributed by atoms with van der Waals surface area (Å²) >= 11 is 0. The van der Waals surface area contributed by atoms with E-state index in [1.165, 1.54) is 6.07 Å². The summed E-state index contributed by atoms with van der Waals surface area (Å²) in [4.78, 5) is 12.3. The number of hydrogen-bond acceptors (Lipinski definition) is 6. The standard InChI is InChI=1S/C18H28O6/c1-4-7-10-22-14-12-13(19)16(20)15(18(21)24-9-6-3)17(14)23-11-8-5-2/h12,19-20H,4-11H2,1-3H3. The van der Waals surface area contributed by atoms with Crippen LogP contribution in [0.3, 0.4) is 0 Å². The van der Waals surface area contributed by atoms with Gasteiger partial charge in [0.2, 0.25) is 0 Å². The highest BCUT2D eigenvalue weighted by Gasteiger charge is 2.27. The smallest absolute Gasteiger partial charge is 0.346 e. The average molecular weight is 340 g/mol. The molecule has 0 unspecified atom stereocenters. The maximum Gasteiger partial charge on any atom is 0.346 e. The fourth-order valence-electron chi connectivity index (χ4n) is 1.97. The van der Waals surface area contributed by atoms with Gasteiger partial charge in [0.15, 0.2) is 28.6 Å². The van der Waals surface area contributed by atoms with Crippen LogP contribution in [0.5, 0.6) is 23.0 Å². The Morgan fingerprint density at radius 3 is 2.17 bits per heavy atom. The molecule has 0 aliphatic rings. The summed E-state index contributed by atoms with van der Waals surface area (Å²) in [6.45, 7) is 6.94. The molecule has 1 aromatic rings. The molecule has 6 heteroatoms. The topological polar surface area (TPSA) is 85.2 Å².